The molecule has 5 N–H and O–H groups in total. The monoisotopic (exact) mass is 330 g/mol. The molecule has 0 unspecified atom stereocenters. The SMILES string of the molecule is NCN(c1nc(Nc2ccccc2F)ncc1N)C1CCCCC1. The quantitative estimate of drug-likeness (QED) is 0.730. The third kappa shape index (κ3) is 3.56. The molecule has 0 bridgehead atoms. The van der Waals surface area contributed by atoms with Gasteiger partial charge in [-0.05, 0) is 25.0 Å². The lowest BCUT2D eigenvalue weighted by Crippen LogP contribution is -2.41. The highest BCUT2D eigenvalue weighted by Crippen LogP contribution is 2.30. The Kier molecular flexibility index (Phi) is 5.10. The van der Waals surface area contributed by atoms with Gasteiger partial charge in [-0.1, -0.05) is 31.4 Å². The Morgan fingerprint density at radius 3 is 2.67 bits per heavy atom. The molecular formula is C17H23FN6. The first-order valence-corrected chi connectivity index (χ1v) is 8.30. The highest BCUT2D eigenvalue weighted by molar-refractivity contribution is 5.65. The van der Waals surface area contributed by atoms with E-state index in [4.69, 9.17) is 11.5 Å². The van der Waals surface area contributed by atoms with Gasteiger partial charge in [0.2, 0.25) is 5.95 Å². The zero-order valence-electron chi connectivity index (χ0n) is 13.6. The normalized spacial score (nSPS) is 15.2. The fourth-order valence-corrected chi connectivity index (χ4v) is 3.16. The van der Waals surface area contributed by atoms with Gasteiger partial charge in [0.15, 0.2) is 5.82 Å². The van der Waals surface area contributed by atoms with Gasteiger partial charge in [0.05, 0.1) is 24.2 Å². The molecule has 128 valence electrons. The van der Waals surface area contributed by atoms with Crippen LogP contribution in [0.3, 0.4) is 0 Å². The van der Waals surface area contributed by atoms with Crippen molar-refractivity contribution < 1.29 is 4.39 Å². The number of hydrogen-bond acceptors (Lipinski definition) is 6. The summed E-state index contributed by atoms with van der Waals surface area (Å²) in [5, 5.41) is 2.90. The lowest BCUT2D eigenvalue weighted by atomic mass is 9.94. The van der Waals surface area contributed by atoms with Crippen molar-refractivity contribution in [2.75, 3.05) is 22.6 Å². The molecule has 0 saturated heterocycles. The molecule has 3 rings (SSSR count). The number of hydrogen-bond donors (Lipinski definition) is 3. The number of anilines is 4. The van der Waals surface area contributed by atoms with E-state index in [1.807, 2.05) is 4.90 Å². The number of nitrogens with one attached hydrogen (secondary N) is 1. The molecule has 1 heterocycles. The molecular weight excluding hydrogens is 307 g/mol. The summed E-state index contributed by atoms with van der Waals surface area (Å²) in [4.78, 5) is 10.7. The van der Waals surface area contributed by atoms with Crippen LogP contribution in [0.25, 0.3) is 0 Å². The van der Waals surface area contributed by atoms with E-state index in [9.17, 15) is 4.39 Å². The minimum absolute atomic E-state index is 0.304. The van der Waals surface area contributed by atoms with Crippen LogP contribution in [0.4, 0.5) is 27.5 Å². The maximum atomic E-state index is 13.8. The van der Waals surface area contributed by atoms with Crippen LogP contribution >= 0.6 is 0 Å². The molecule has 0 aliphatic heterocycles. The van der Waals surface area contributed by atoms with Crippen molar-refractivity contribution in [3.63, 3.8) is 0 Å². The maximum absolute atomic E-state index is 13.8. The Hall–Kier alpha value is -2.41. The predicted molar refractivity (Wildman–Crippen MR) is 94.5 cm³/mol. The van der Waals surface area contributed by atoms with Crippen molar-refractivity contribution in [3.8, 4) is 0 Å². The van der Waals surface area contributed by atoms with Gasteiger partial charge in [0, 0.05) is 6.04 Å². The van der Waals surface area contributed by atoms with Gasteiger partial charge in [0.1, 0.15) is 5.82 Å². The van der Waals surface area contributed by atoms with E-state index in [1.54, 1.807) is 18.2 Å². The van der Waals surface area contributed by atoms with Gasteiger partial charge in [0.25, 0.3) is 0 Å². The Bertz CT molecular complexity index is 687. The molecule has 1 aliphatic carbocycles. The number of nitrogens with zero attached hydrogens (tertiary/aromatic N) is 3. The molecule has 0 amide bonds. The summed E-state index contributed by atoms with van der Waals surface area (Å²) in [7, 11) is 0. The molecule has 1 aliphatic rings. The van der Waals surface area contributed by atoms with Crippen molar-refractivity contribution >= 4 is 23.1 Å². The summed E-state index contributed by atoms with van der Waals surface area (Å²) in [6.45, 7) is 0.338. The molecule has 1 aromatic carbocycles. The van der Waals surface area contributed by atoms with E-state index in [0.717, 1.165) is 12.8 Å². The molecule has 0 atom stereocenters. The molecule has 1 fully saturated rings. The number of benzene rings is 1. The average molecular weight is 330 g/mol. The highest BCUT2D eigenvalue weighted by Gasteiger charge is 2.23. The number of rotatable bonds is 5. The summed E-state index contributed by atoms with van der Waals surface area (Å²) in [6.07, 6.45) is 7.33. The lowest BCUT2D eigenvalue weighted by Gasteiger charge is -2.34. The zero-order valence-corrected chi connectivity index (χ0v) is 13.6. The Balaban J connectivity index is 1.86. The van der Waals surface area contributed by atoms with E-state index in [1.165, 1.54) is 31.5 Å². The minimum Gasteiger partial charge on any atom is -0.394 e. The van der Waals surface area contributed by atoms with Gasteiger partial charge in [-0.25, -0.2) is 9.37 Å². The van der Waals surface area contributed by atoms with Crippen LogP contribution in [0.1, 0.15) is 32.1 Å². The van der Waals surface area contributed by atoms with E-state index in [2.05, 4.69) is 15.3 Å². The van der Waals surface area contributed by atoms with Crippen LogP contribution in [0.2, 0.25) is 0 Å². The van der Waals surface area contributed by atoms with E-state index in [0.29, 0.717) is 35.9 Å². The molecule has 7 heteroatoms. The summed E-state index contributed by atoms with van der Waals surface area (Å²) in [5.41, 5.74) is 12.8. The van der Waals surface area contributed by atoms with Gasteiger partial charge in [-0.3, -0.25) is 0 Å². The smallest absolute Gasteiger partial charge is 0.229 e. The van der Waals surface area contributed by atoms with E-state index < -0.39 is 0 Å². The molecule has 6 nitrogen and oxygen atoms in total. The van der Waals surface area contributed by atoms with Crippen LogP contribution in [-0.2, 0) is 0 Å². The first-order valence-electron chi connectivity index (χ1n) is 8.30. The number of aromatic nitrogens is 2. The van der Waals surface area contributed by atoms with E-state index in [-0.39, 0.29) is 5.82 Å². The zero-order chi connectivity index (χ0) is 16.9. The molecule has 0 radical (unpaired) electrons. The predicted octanol–water partition coefficient (Wildman–Crippen LogP) is 3.00. The average Bonchev–Trinajstić information content (AvgIpc) is 2.61. The van der Waals surface area contributed by atoms with Crippen molar-refractivity contribution in [2.45, 2.75) is 38.1 Å². The molecule has 1 aromatic heterocycles. The number of nitrogens with two attached hydrogens (primary N) is 2. The third-order valence-corrected chi connectivity index (χ3v) is 4.40. The number of halogens is 1. The number of para-hydroxylation sites is 1. The lowest BCUT2D eigenvalue weighted by molar-refractivity contribution is 0.415. The fourth-order valence-electron chi connectivity index (χ4n) is 3.16. The van der Waals surface area contributed by atoms with Crippen LogP contribution in [-0.4, -0.2) is 22.7 Å². The van der Waals surface area contributed by atoms with Crippen molar-refractivity contribution in [2.24, 2.45) is 5.73 Å². The summed E-state index contributed by atoms with van der Waals surface area (Å²) in [5.74, 6) is 0.555. The molecule has 1 saturated carbocycles. The van der Waals surface area contributed by atoms with Crippen LogP contribution in [0.15, 0.2) is 30.5 Å². The Labute approximate surface area is 141 Å². The number of nitrogen functional groups attached to an aromatic ring is 1. The molecule has 0 spiro atoms. The van der Waals surface area contributed by atoms with Gasteiger partial charge in [-0.15, -0.1) is 0 Å². The molecule has 24 heavy (non-hydrogen) atoms. The summed E-state index contributed by atoms with van der Waals surface area (Å²) in [6, 6.07) is 6.74. The van der Waals surface area contributed by atoms with Gasteiger partial charge in [-0.2, -0.15) is 4.98 Å². The van der Waals surface area contributed by atoms with Gasteiger partial charge >= 0.3 is 0 Å². The van der Waals surface area contributed by atoms with Crippen LogP contribution in [0.5, 0.6) is 0 Å². The van der Waals surface area contributed by atoms with Crippen molar-refractivity contribution in [3.05, 3.63) is 36.3 Å². The molecule has 2 aromatic rings. The van der Waals surface area contributed by atoms with Gasteiger partial charge < -0.3 is 21.7 Å². The minimum atomic E-state index is -0.359. The second kappa shape index (κ2) is 7.44. The maximum Gasteiger partial charge on any atom is 0.229 e. The fraction of sp³-hybridized carbons (Fsp3) is 0.412. The van der Waals surface area contributed by atoms with Crippen molar-refractivity contribution in [1.82, 2.24) is 9.97 Å². The Morgan fingerprint density at radius 2 is 1.96 bits per heavy atom. The highest BCUT2D eigenvalue weighted by atomic mass is 19.1. The second-order valence-corrected chi connectivity index (χ2v) is 6.02. The van der Waals surface area contributed by atoms with Crippen LogP contribution < -0.4 is 21.7 Å². The first kappa shape index (κ1) is 16.4. The van der Waals surface area contributed by atoms with Crippen molar-refractivity contribution in [1.29, 1.82) is 0 Å². The topological polar surface area (TPSA) is 93.1 Å². The summed E-state index contributed by atoms with van der Waals surface area (Å²) < 4.78 is 13.8. The standard InChI is InChI=1S/C17H23FN6/c18-13-8-4-5-9-15(13)22-17-21-10-14(20)16(23-17)24(11-19)12-6-2-1-3-7-12/h4-5,8-10,12H,1-3,6-7,11,19-20H2,(H,21,22,23). The largest absolute Gasteiger partial charge is 0.394 e. The third-order valence-electron chi connectivity index (χ3n) is 4.40. The summed E-state index contributed by atoms with van der Waals surface area (Å²) >= 11 is 0. The first-order chi connectivity index (χ1) is 11.7. The van der Waals surface area contributed by atoms with Crippen LogP contribution in [0, 0.1) is 5.82 Å². The van der Waals surface area contributed by atoms with E-state index >= 15 is 0 Å². The Morgan fingerprint density at radius 1 is 1.21 bits per heavy atom. The second-order valence-electron chi connectivity index (χ2n) is 6.02.